The molecule has 0 fully saturated rings. The van der Waals surface area contributed by atoms with Crippen molar-refractivity contribution in [2.24, 2.45) is 0 Å². The lowest BCUT2D eigenvalue weighted by Gasteiger charge is -2.07. The Kier molecular flexibility index (Phi) is 4.55. The first-order chi connectivity index (χ1) is 9.69. The van der Waals surface area contributed by atoms with Crippen LogP contribution in [0.15, 0.2) is 48.5 Å². The molecule has 0 atom stereocenters. The molecule has 0 spiro atoms. The van der Waals surface area contributed by atoms with Gasteiger partial charge in [-0.05, 0) is 36.8 Å². The molecule has 2 aromatic carbocycles. The SMILES string of the molecule is CCOc1ccc(CNc2ccc([N+](=O)[O-])cc2)cc1. The Labute approximate surface area is 117 Å². The van der Waals surface area contributed by atoms with E-state index in [0.29, 0.717) is 13.2 Å². The number of benzene rings is 2. The van der Waals surface area contributed by atoms with Crippen LogP contribution in [0.5, 0.6) is 5.75 Å². The zero-order valence-corrected chi connectivity index (χ0v) is 11.2. The normalized spacial score (nSPS) is 10.1. The summed E-state index contributed by atoms with van der Waals surface area (Å²) < 4.78 is 5.37. The highest BCUT2D eigenvalue weighted by molar-refractivity contribution is 5.48. The minimum atomic E-state index is -0.407. The summed E-state index contributed by atoms with van der Waals surface area (Å²) in [6, 6.07) is 14.2. The van der Waals surface area contributed by atoms with Crippen LogP contribution < -0.4 is 10.1 Å². The zero-order chi connectivity index (χ0) is 14.4. The van der Waals surface area contributed by atoms with Gasteiger partial charge in [0.2, 0.25) is 0 Å². The number of non-ortho nitro benzene ring substituents is 1. The van der Waals surface area contributed by atoms with Crippen molar-refractivity contribution in [3.05, 3.63) is 64.2 Å². The van der Waals surface area contributed by atoms with E-state index in [9.17, 15) is 10.1 Å². The summed E-state index contributed by atoms with van der Waals surface area (Å²) in [5.41, 5.74) is 2.06. The van der Waals surface area contributed by atoms with Gasteiger partial charge in [0.05, 0.1) is 11.5 Å². The van der Waals surface area contributed by atoms with Gasteiger partial charge in [-0.1, -0.05) is 12.1 Å². The van der Waals surface area contributed by atoms with Gasteiger partial charge in [0.15, 0.2) is 0 Å². The molecule has 0 saturated carbocycles. The zero-order valence-electron chi connectivity index (χ0n) is 11.2. The summed E-state index contributed by atoms with van der Waals surface area (Å²) in [7, 11) is 0. The number of nitrogens with one attached hydrogen (secondary N) is 1. The molecule has 20 heavy (non-hydrogen) atoms. The molecule has 2 aromatic rings. The molecule has 0 aliphatic carbocycles. The summed E-state index contributed by atoms with van der Waals surface area (Å²) in [5, 5.41) is 13.8. The summed E-state index contributed by atoms with van der Waals surface area (Å²) in [4.78, 5) is 10.1. The monoisotopic (exact) mass is 272 g/mol. The standard InChI is InChI=1S/C15H16N2O3/c1-2-20-15-9-3-12(4-10-15)11-16-13-5-7-14(8-6-13)17(18)19/h3-10,16H,2,11H2,1H3. The molecule has 1 N–H and O–H groups in total. The fourth-order valence-corrected chi connectivity index (χ4v) is 1.78. The maximum Gasteiger partial charge on any atom is 0.269 e. The number of nitro groups is 1. The quantitative estimate of drug-likeness (QED) is 0.644. The fourth-order valence-electron chi connectivity index (χ4n) is 1.78. The molecule has 5 nitrogen and oxygen atoms in total. The number of nitro benzene ring substituents is 1. The van der Waals surface area contributed by atoms with E-state index in [1.807, 2.05) is 31.2 Å². The number of rotatable bonds is 6. The predicted octanol–water partition coefficient (Wildman–Crippen LogP) is 3.61. The van der Waals surface area contributed by atoms with Gasteiger partial charge < -0.3 is 10.1 Å². The molecule has 0 aliphatic heterocycles. The highest BCUT2D eigenvalue weighted by Crippen LogP contribution is 2.17. The molecular formula is C15H16N2O3. The highest BCUT2D eigenvalue weighted by atomic mass is 16.6. The van der Waals surface area contributed by atoms with E-state index < -0.39 is 4.92 Å². The molecule has 104 valence electrons. The third-order valence-electron chi connectivity index (χ3n) is 2.81. The number of nitrogens with zero attached hydrogens (tertiary/aromatic N) is 1. The van der Waals surface area contributed by atoms with Crippen LogP contribution in [0.25, 0.3) is 0 Å². The van der Waals surface area contributed by atoms with Crippen LogP contribution in [-0.4, -0.2) is 11.5 Å². The van der Waals surface area contributed by atoms with Crippen LogP contribution in [0, 0.1) is 10.1 Å². The lowest BCUT2D eigenvalue weighted by atomic mass is 10.2. The maximum atomic E-state index is 10.6. The Hall–Kier alpha value is -2.56. The van der Waals surface area contributed by atoms with E-state index in [1.54, 1.807) is 12.1 Å². The number of hydrogen-bond acceptors (Lipinski definition) is 4. The van der Waals surface area contributed by atoms with Gasteiger partial charge in [0.25, 0.3) is 5.69 Å². The molecule has 0 amide bonds. The van der Waals surface area contributed by atoms with Gasteiger partial charge in [-0.2, -0.15) is 0 Å². The first-order valence-corrected chi connectivity index (χ1v) is 6.39. The van der Waals surface area contributed by atoms with E-state index in [0.717, 1.165) is 17.0 Å². The van der Waals surface area contributed by atoms with Crippen LogP contribution in [0.2, 0.25) is 0 Å². The average Bonchev–Trinajstić information content (AvgIpc) is 2.47. The summed E-state index contributed by atoms with van der Waals surface area (Å²) in [5.74, 6) is 0.853. The van der Waals surface area contributed by atoms with E-state index in [-0.39, 0.29) is 5.69 Å². The van der Waals surface area contributed by atoms with Gasteiger partial charge in [-0.25, -0.2) is 0 Å². The van der Waals surface area contributed by atoms with Gasteiger partial charge in [-0.15, -0.1) is 0 Å². The Morgan fingerprint density at radius 1 is 1.10 bits per heavy atom. The topological polar surface area (TPSA) is 64.4 Å². The van der Waals surface area contributed by atoms with Crippen molar-refractivity contribution in [1.82, 2.24) is 0 Å². The van der Waals surface area contributed by atoms with Gasteiger partial charge in [-0.3, -0.25) is 10.1 Å². The molecule has 5 heteroatoms. The smallest absolute Gasteiger partial charge is 0.269 e. The first kappa shape index (κ1) is 13.9. The van der Waals surface area contributed by atoms with E-state index in [4.69, 9.17) is 4.74 Å². The summed E-state index contributed by atoms with van der Waals surface area (Å²) in [6.45, 7) is 3.26. The van der Waals surface area contributed by atoms with Crippen LogP contribution in [0.3, 0.4) is 0 Å². The predicted molar refractivity (Wildman–Crippen MR) is 78.0 cm³/mol. The average molecular weight is 272 g/mol. The first-order valence-electron chi connectivity index (χ1n) is 6.39. The van der Waals surface area contributed by atoms with Crippen molar-refractivity contribution >= 4 is 11.4 Å². The van der Waals surface area contributed by atoms with E-state index in [1.165, 1.54) is 12.1 Å². The van der Waals surface area contributed by atoms with Crippen molar-refractivity contribution in [1.29, 1.82) is 0 Å². The Balaban J connectivity index is 1.92. The number of anilines is 1. The fraction of sp³-hybridized carbons (Fsp3) is 0.200. The Morgan fingerprint density at radius 3 is 2.30 bits per heavy atom. The molecule has 0 unspecified atom stereocenters. The molecule has 2 rings (SSSR count). The number of ether oxygens (including phenoxy) is 1. The van der Waals surface area contributed by atoms with Crippen LogP contribution >= 0.6 is 0 Å². The van der Waals surface area contributed by atoms with Gasteiger partial charge in [0, 0.05) is 24.4 Å². The Bertz CT molecular complexity index is 565. The summed E-state index contributed by atoms with van der Waals surface area (Å²) >= 11 is 0. The Morgan fingerprint density at radius 2 is 1.75 bits per heavy atom. The molecule has 0 saturated heterocycles. The van der Waals surface area contributed by atoms with Crippen molar-refractivity contribution in [3.8, 4) is 5.75 Å². The lowest BCUT2D eigenvalue weighted by molar-refractivity contribution is -0.384. The second-order valence-corrected chi connectivity index (χ2v) is 4.23. The lowest BCUT2D eigenvalue weighted by Crippen LogP contribution is -1.99. The maximum absolute atomic E-state index is 10.6. The van der Waals surface area contributed by atoms with E-state index >= 15 is 0 Å². The molecule has 0 aliphatic rings. The minimum Gasteiger partial charge on any atom is -0.494 e. The molecular weight excluding hydrogens is 256 g/mol. The van der Waals surface area contributed by atoms with Gasteiger partial charge >= 0.3 is 0 Å². The summed E-state index contributed by atoms with van der Waals surface area (Å²) in [6.07, 6.45) is 0. The van der Waals surface area contributed by atoms with Crippen molar-refractivity contribution in [2.45, 2.75) is 13.5 Å². The van der Waals surface area contributed by atoms with Crippen molar-refractivity contribution in [3.63, 3.8) is 0 Å². The van der Waals surface area contributed by atoms with E-state index in [2.05, 4.69) is 5.32 Å². The molecule has 0 radical (unpaired) electrons. The van der Waals surface area contributed by atoms with Crippen LogP contribution in [0.4, 0.5) is 11.4 Å². The third-order valence-corrected chi connectivity index (χ3v) is 2.81. The molecule has 0 heterocycles. The molecule has 0 bridgehead atoms. The highest BCUT2D eigenvalue weighted by Gasteiger charge is 2.03. The molecule has 0 aromatic heterocycles. The minimum absolute atomic E-state index is 0.0941. The van der Waals surface area contributed by atoms with Crippen molar-refractivity contribution in [2.75, 3.05) is 11.9 Å². The number of hydrogen-bond donors (Lipinski definition) is 1. The van der Waals surface area contributed by atoms with Crippen molar-refractivity contribution < 1.29 is 9.66 Å². The van der Waals surface area contributed by atoms with Gasteiger partial charge in [0.1, 0.15) is 5.75 Å². The second kappa shape index (κ2) is 6.56. The largest absolute Gasteiger partial charge is 0.494 e. The van der Waals surface area contributed by atoms with Crippen LogP contribution in [-0.2, 0) is 6.54 Å². The van der Waals surface area contributed by atoms with Crippen LogP contribution in [0.1, 0.15) is 12.5 Å². The third kappa shape index (κ3) is 3.71. The second-order valence-electron chi connectivity index (χ2n) is 4.23.